The van der Waals surface area contributed by atoms with Gasteiger partial charge >= 0.3 is 0 Å². The number of carbonyl (C=O) groups excluding carboxylic acids is 2. The fourth-order valence-electron chi connectivity index (χ4n) is 3.99. The number of aromatic nitrogens is 2. The summed E-state index contributed by atoms with van der Waals surface area (Å²) in [6, 6.07) is 5.60. The lowest BCUT2D eigenvalue weighted by atomic mass is 9.99. The van der Waals surface area contributed by atoms with E-state index in [1.165, 1.54) is 12.1 Å². The summed E-state index contributed by atoms with van der Waals surface area (Å²) in [7, 11) is 0. The van der Waals surface area contributed by atoms with Crippen molar-refractivity contribution in [3.8, 4) is 0 Å². The van der Waals surface area contributed by atoms with Gasteiger partial charge in [-0.2, -0.15) is 0 Å². The van der Waals surface area contributed by atoms with Crippen molar-refractivity contribution in [3.05, 3.63) is 58.9 Å². The third kappa shape index (κ3) is 3.61. The molecule has 146 valence electrons. The minimum absolute atomic E-state index is 0.0499. The molecule has 3 heterocycles. The number of hydrogen-bond acceptors (Lipinski definition) is 4. The summed E-state index contributed by atoms with van der Waals surface area (Å²) in [5.74, 6) is 0.0843. The van der Waals surface area contributed by atoms with Gasteiger partial charge in [0.05, 0.1) is 11.7 Å². The third-order valence-electron chi connectivity index (χ3n) is 5.53. The summed E-state index contributed by atoms with van der Waals surface area (Å²) in [6.07, 6.45) is 5.17. The van der Waals surface area contributed by atoms with E-state index in [2.05, 4.69) is 4.98 Å². The first-order valence-corrected chi connectivity index (χ1v) is 9.69. The minimum Gasteiger partial charge on any atom is -0.338 e. The van der Waals surface area contributed by atoms with Crippen LogP contribution in [0.4, 0.5) is 4.39 Å². The van der Waals surface area contributed by atoms with Crippen molar-refractivity contribution in [3.63, 3.8) is 0 Å². The molecule has 0 bridgehead atoms. The molecule has 0 N–H and O–H groups in total. The number of rotatable bonds is 2. The van der Waals surface area contributed by atoms with Gasteiger partial charge in [0.1, 0.15) is 5.82 Å². The standard InChI is InChI=1S/C21H23FN4O2/c1-14(27)25-10-8-18-16(13-25)12-23-20(24-18)19-7-2-3-9-26(19)21(28)15-5-4-6-17(22)11-15/h4-6,11-12,19H,2-3,7-10,13H2,1H3/t19-/m0/s1. The second-order valence-electron chi connectivity index (χ2n) is 7.41. The SMILES string of the molecule is CC(=O)N1CCc2nc([C@@H]3CCCCN3C(=O)c3cccc(F)c3)ncc2C1. The van der Waals surface area contributed by atoms with E-state index in [1.54, 1.807) is 35.1 Å². The largest absolute Gasteiger partial charge is 0.338 e. The Bertz CT molecular complexity index is 917. The second kappa shape index (κ2) is 7.66. The first-order chi connectivity index (χ1) is 13.5. The number of piperidine rings is 1. The average molecular weight is 382 g/mol. The van der Waals surface area contributed by atoms with Crippen LogP contribution in [0.1, 0.15) is 59.7 Å². The number of halogens is 1. The van der Waals surface area contributed by atoms with Crippen LogP contribution in [0.25, 0.3) is 0 Å². The minimum atomic E-state index is -0.417. The number of carbonyl (C=O) groups is 2. The Hall–Kier alpha value is -2.83. The Morgan fingerprint density at radius 2 is 2.07 bits per heavy atom. The smallest absolute Gasteiger partial charge is 0.254 e. The Balaban J connectivity index is 1.60. The fourth-order valence-corrected chi connectivity index (χ4v) is 3.99. The van der Waals surface area contributed by atoms with Gasteiger partial charge in [-0.05, 0) is 37.5 Å². The van der Waals surface area contributed by atoms with E-state index in [1.807, 2.05) is 0 Å². The molecule has 2 aliphatic heterocycles. The van der Waals surface area contributed by atoms with Crippen molar-refractivity contribution in [1.29, 1.82) is 0 Å². The maximum absolute atomic E-state index is 13.6. The van der Waals surface area contributed by atoms with E-state index in [-0.39, 0.29) is 17.9 Å². The topological polar surface area (TPSA) is 66.4 Å². The van der Waals surface area contributed by atoms with Crippen LogP contribution in [0.2, 0.25) is 0 Å². The first kappa shape index (κ1) is 18.5. The van der Waals surface area contributed by atoms with E-state index < -0.39 is 5.82 Å². The molecule has 2 aromatic rings. The van der Waals surface area contributed by atoms with E-state index >= 15 is 0 Å². The highest BCUT2D eigenvalue weighted by atomic mass is 19.1. The molecule has 28 heavy (non-hydrogen) atoms. The van der Waals surface area contributed by atoms with Gasteiger partial charge in [0, 0.05) is 50.3 Å². The molecule has 1 atom stereocenters. The van der Waals surface area contributed by atoms with E-state index in [4.69, 9.17) is 4.98 Å². The zero-order chi connectivity index (χ0) is 19.7. The predicted molar refractivity (Wildman–Crippen MR) is 101 cm³/mol. The average Bonchev–Trinajstić information content (AvgIpc) is 2.72. The Kier molecular flexibility index (Phi) is 5.07. The summed E-state index contributed by atoms with van der Waals surface area (Å²) in [6.45, 7) is 3.35. The molecule has 6 nitrogen and oxygen atoms in total. The van der Waals surface area contributed by atoms with Gasteiger partial charge < -0.3 is 9.80 Å². The molecule has 0 aliphatic carbocycles. The molecule has 1 aromatic heterocycles. The lowest BCUT2D eigenvalue weighted by molar-refractivity contribution is -0.129. The lowest BCUT2D eigenvalue weighted by Crippen LogP contribution is -2.40. The van der Waals surface area contributed by atoms with E-state index in [0.29, 0.717) is 37.4 Å². The Morgan fingerprint density at radius 1 is 1.21 bits per heavy atom. The number of hydrogen-bond donors (Lipinski definition) is 0. The molecular weight excluding hydrogens is 359 g/mol. The van der Waals surface area contributed by atoms with Crippen LogP contribution in [-0.2, 0) is 17.8 Å². The highest BCUT2D eigenvalue weighted by molar-refractivity contribution is 5.94. The highest BCUT2D eigenvalue weighted by Gasteiger charge is 2.32. The molecule has 0 spiro atoms. The molecule has 0 unspecified atom stereocenters. The van der Waals surface area contributed by atoms with Crippen LogP contribution in [-0.4, -0.2) is 44.7 Å². The number of nitrogens with zero attached hydrogens (tertiary/aromatic N) is 4. The van der Waals surface area contributed by atoms with Crippen LogP contribution in [0.15, 0.2) is 30.5 Å². The van der Waals surface area contributed by atoms with Crippen LogP contribution >= 0.6 is 0 Å². The highest BCUT2D eigenvalue weighted by Crippen LogP contribution is 2.31. The van der Waals surface area contributed by atoms with Crippen LogP contribution < -0.4 is 0 Å². The summed E-state index contributed by atoms with van der Waals surface area (Å²) in [5, 5.41) is 0. The number of benzene rings is 1. The first-order valence-electron chi connectivity index (χ1n) is 9.69. The monoisotopic (exact) mass is 382 g/mol. The number of likely N-dealkylation sites (tertiary alicyclic amines) is 1. The molecule has 0 saturated carbocycles. The fraction of sp³-hybridized carbons (Fsp3) is 0.429. The van der Waals surface area contributed by atoms with Crippen LogP contribution in [0.5, 0.6) is 0 Å². The van der Waals surface area contributed by atoms with Gasteiger partial charge in [0.25, 0.3) is 5.91 Å². The van der Waals surface area contributed by atoms with Gasteiger partial charge in [-0.1, -0.05) is 6.07 Å². The summed E-state index contributed by atoms with van der Waals surface area (Å²) in [5.41, 5.74) is 2.26. The van der Waals surface area contributed by atoms with Gasteiger partial charge in [-0.3, -0.25) is 9.59 Å². The number of fused-ring (bicyclic) bond motifs is 1. The molecule has 7 heteroatoms. The third-order valence-corrected chi connectivity index (χ3v) is 5.53. The van der Waals surface area contributed by atoms with Crippen LogP contribution in [0.3, 0.4) is 0 Å². The second-order valence-corrected chi connectivity index (χ2v) is 7.41. The summed E-state index contributed by atoms with van der Waals surface area (Å²) < 4.78 is 13.6. The summed E-state index contributed by atoms with van der Waals surface area (Å²) >= 11 is 0. The Morgan fingerprint density at radius 3 is 2.86 bits per heavy atom. The molecule has 1 fully saturated rings. The summed E-state index contributed by atoms with van der Waals surface area (Å²) in [4.78, 5) is 37.5. The number of amides is 2. The van der Waals surface area contributed by atoms with Gasteiger partial charge in [0.15, 0.2) is 5.82 Å². The zero-order valence-corrected chi connectivity index (χ0v) is 15.9. The normalized spacial score (nSPS) is 19.3. The van der Waals surface area contributed by atoms with Gasteiger partial charge in [-0.15, -0.1) is 0 Å². The molecule has 0 radical (unpaired) electrons. The zero-order valence-electron chi connectivity index (χ0n) is 15.9. The quantitative estimate of drug-likeness (QED) is 0.801. The van der Waals surface area contributed by atoms with Crippen molar-refractivity contribution in [1.82, 2.24) is 19.8 Å². The maximum Gasteiger partial charge on any atom is 0.254 e. The van der Waals surface area contributed by atoms with E-state index in [0.717, 1.165) is 30.5 Å². The molecule has 2 amide bonds. The predicted octanol–water partition coefficient (Wildman–Crippen LogP) is 2.89. The lowest BCUT2D eigenvalue weighted by Gasteiger charge is -2.35. The van der Waals surface area contributed by atoms with Crippen molar-refractivity contribution < 1.29 is 14.0 Å². The molecule has 2 aliphatic rings. The van der Waals surface area contributed by atoms with E-state index in [9.17, 15) is 14.0 Å². The van der Waals surface area contributed by atoms with Gasteiger partial charge in [-0.25, -0.2) is 14.4 Å². The molecule has 4 rings (SSSR count). The van der Waals surface area contributed by atoms with Crippen molar-refractivity contribution in [2.75, 3.05) is 13.1 Å². The van der Waals surface area contributed by atoms with Crippen LogP contribution in [0, 0.1) is 5.82 Å². The molecule has 1 aromatic carbocycles. The van der Waals surface area contributed by atoms with Gasteiger partial charge in [0.2, 0.25) is 5.91 Å². The molecule has 1 saturated heterocycles. The van der Waals surface area contributed by atoms with Crippen molar-refractivity contribution in [2.45, 2.75) is 45.2 Å². The van der Waals surface area contributed by atoms with Crippen molar-refractivity contribution >= 4 is 11.8 Å². The Labute approximate surface area is 163 Å². The van der Waals surface area contributed by atoms with Crippen molar-refractivity contribution in [2.24, 2.45) is 0 Å². The maximum atomic E-state index is 13.6. The molecular formula is C21H23FN4O2.